The van der Waals surface area contributed by atoms with Gasteiger partial charge in [-0.2, -0.15) is 0 Å². The van der Waals surface area contributed by atoms with Crippen molar-refractivity contribution in [2.75, 3.05) is 38.9 Å². The zero-order valence-corrected chi connectivity index (χ0v) is 19.1. The van der Waals surface area contributed by atoms with Gasteiger partial charge in [-0.3, -0.25) is 10.1 Å². The molecule has 0 radical (unpaired) electrons. The highest BCUT2D eigenvalue weighted by atomic mass is 32.1. The van der Waals surface area contributed by atoms with Gasteiger partial charge in [-0.1, -0.05) is 30.3 Å². The van der Waals surface area contributed by atoms with Gasteiger partial charge in [-0.25, -0.2) is 0 Å². The van der Waals surface area contributed by atoms with Gasteiger partial charge in [0.1, 0.15) is 37.1 Å². The normalized spacial score (nSPS) is 10.2. The molecule has 0 spiro atoms. The van der Waals surface area contributed by atoms with Crippen molar-refractivity contribution in [2.45, 2.75) is 0 Å². The molecule has 0 unspecified atom stereocenters. The van der Waals surface area contributed by atoms with Crippen LogP contribution in [0.1, 0.15) is 10.4 Å². The Balaban J connectivity index is 1.48. The van der Waals surface area contributed by atoms with Gasteiger partial charge in [0.25, 0.3) is 5.91 Å². The highest BCUT2D eigenvalue weighted by molar-refractivity contribution is 7.80. The van der Waals surface area contributed by atoms with E-state index in [1.165, 1.54) is 0 Å². The molecule has 7 nitrogen and oxygen atoms in total. The highest BCUT2D eigenvalue weighted by Gasteiger charge is 2.10. The molecule has 0 saturated heterocycles. The van der Waals surface area contributed by atoms with Gasteiger partial charge in [-0.05, 0) is 60.7 Å². The summed E-state index contributed by atoms with van der Waals surface area (Å²) in [7, 11) is 1.61. The minimum atomic E-state index is -0.328. The molecule has 0 aliphatic carbocycles. The van der Waals surface area contributed by atoms with Crippen LogP contribution in [-0.4, -0.2) is 44.6 Å². The summed E-state index contributed by atoms with van der Waals surface area (Å²) in [6.07, 6.45) is 0. The van der Waals surface area contributed by atoms with Crippen LogP contribution in [-0.2, 0) is 4.74 Å². The number of amides is 1. The van der Waals surface area contributed by atoms with E-state index in [1.807, 2.05) is 54.6 Å². The van der Waals surface area contributed by atoms with Gasteiger partial charge in [0.2, 0.25) is 0 Å². The van der Waals surface area contributed by atoms with Crippen molar-refractivity contribution in [3.63, 3.8) is 0 Å². The third-order valence-electron chi connectivity index (χ3n) is 4.39. The average Bonchev–Trinajstić information content (AvgIpc) is 2.84. The number of carbonyl (C=O) groups is 1. The number of carbonyl (C=O) groups excluding carboxylic acids is 1. The summed E-state index contributed by atoms with van der Waals surface area (Å²) < 4.78 is 21.9. The van der Waals surface area contributed by atoms with Crippen LogP contribution in [0.4, 0.5) is 5.69 Å². The van der Waals surface area contributed by atoms with E-state index < -0.39 is 0 Å². The van der Waals surface area contributed by atoms with Crippen LogP contribution >= 0.6 is 12.2 Å². The molecule has 1 amide bonds. The van der Waals surface area contributed by atoms with Crippen LogP contribution in [0, 0.1) is 0 Å². The van der Waals surface area contributed by atoms with E-state index in [2.05, 4.69) is 10.6 Å². The highest BCUT2D eigenvalue weighted by Crippen LogP contribution is 2.23. The van der Waals surface area contributed by atoms with Gasteiger partial charge in [0.15, 0.2) is 5.11 Å². The molecule has 0 aromatic heterocycles. The number of thiocarbonyl (C=S) groups is 1. The molecular weight excluding hydrogens is 440 g/mol. The van der Waals surface area contributed by atoms with Gasteiger partial charge in [-0.15, -0.1) is 0 Å². The first-order chi connectivity index (χ1) is 16.2. The van der Waals surface area contributed by atoms with Crippen molar-refractivity contribution >= 4 is 28.9 Å². The van der Waals surface area contributed by atoms with Crippen LogP contribution in [0.5, 0.6) is 17.2 Å². The third kappa shape index (κ3) is 8.10. The lowest BCUT2D eigenvalue weighted by Gasteiger charge is -2.15. The SMILES string of the molecule is COCCOc1ccc(C(=O)NC(=S)Nc2ccccc2OCCOc2ccccc2)cc1. The fourth-order valence-corrected chi connectivity index (χ4v) is 3.00. The molecule has 2 N–H and O–H groups in total. The minimum absolute atomic E-state index is 0.164. The van der Waals surface area contributed by atoms with Crippen molar-refractivity contribution in [3.05, 3.63) is 84.4 Å². The van der Waals surface area contributed by atoms with Crippen LogP contribution < -0.4 is 24.8 Å². The minimum Gasteiger partial charge on any atom is -0.491 e. The Morgan fingerprint density at radius 2 is 1.36 bits per heavy atom. The molecule has 3 aromatic carbocycles. The van der Waals surface area contributed by atoms with E-state index in [0.717, 1.165) is 5.75 Å². The predicted molar refractivity (Wildman–Crippen MR) is 131 cm³/mol. The summed E-state index contributed by atoms with van der Waals surface area (Å²) in [5.74, 6) is 1.71. The molecular formula is C25H26N2O5S. The molecule has 0 aliphatic rings. The lowest BCUT2D eigenvalue weighted by atomic mass is 10.2. The standard InChI is InChI=1S/C25H26N2O5S/c1-29-15-16-30-21-13-11-19(12-14-21)24(28)27-25(33)26-22-9-5-6-10-23(22)32-18-17-31-20-7-3-2-4-8-20/h2-14H,15-18H2,1H3,(H2,26,27,28,33). The van der Waals surface area contributed by atoms with Crippen LogP contribution in [0.3, 0.4) is 0 Å². The number of rotatable bonds is 11. The molecule has 3 rings (SSSR count). The second-order valence-electron chi connectivity index (χ2n) is 6.78. The van der Waals surface area contributed by atoms with E-state index in [0.29, 0.717) is 49.2 Å². The van der Waals surface area contributed by atoms with E-state index in [1.54, 1.807) is 31.4 Å². The van der Waals surface area contributed by atoms with Crippen molar-refractivity contribution in [2.24, 2.45) is 0 Å². The summed E-state index contributed by atoms with van der Waals surface area (Å²) in [6, 6.07) is 23.7. The fourth-order valence-electron chi connectivity index (χ4n) is 2.80. The van der Waals surface area contributed by atoms with Crippen molar-refractivity contribution in [3.8, 4) is 17.2 Å². The van der Waals surface area contributed by atoms with Crippen molar-refractivity contribution < 1.29 is 23.7 Å². The number of nitrogens with one attached hydrogen (secondary N) is 2. The van der Waals surface area contributed by atoms with Gasteiger partial charge < -0.3 is 24.3 Å². The van der Waals surface area contributed by atoms with Crippen molar-refractivity contribution in [1.82, 2.24) is 5.32 Å². The maximum Gasteiger partial charge on any atom is 0.257 e. The zero-order valence-electron chi connectivity index (χ0n) is 18.3. The maximum atomic E-state index is 12.5. The number of hydrogen-bond donors (Lipinski definition) is 2. The van der Waals surface area contributed by atoms with E-state index in [4.69, 9.17) is 31.2 Å². The molecule has 0 saturated carbocycles. The molecule has 172 valence electrons. The molecule has 8 heteroatoms. The first-order valence-electron chi connectivity index (χ1n) is 10.4. The smallest absolute Gasteiger partial charge is 0.257 e. The molecule has 0 heterocycles. The summed E-state index contributed by atoms with van der Waals surface area (Å²) in [4.78, 5) is 12.5. The summed E-state index contributed by atoms with van der Waals surface area (Å²) >= 11 is 5.31. The van der Waals surface area contributed by atoms with Crippen LogP contribution in [0.2, 0.25) is 0 Å². The van der Waals surface area contributed by atoms with Crippen molar-refractivity contribution in [1.29, 1.82) is 0 Å². The fraction of sp³-hybridized carbons (Fsp3) is 0.200. The Morgan fingerprint density at radius 1 is 0.758 bits per heavy atom. The molecule has 0 aliphatic heterocycles. The molecule has 0 bridgehead atoms. The van der Waals surface area contributed by atoms with E-state index in [9.17, 15) is 4.79 Å². The maximum absolute atomic E-state index is 12.5. The van der Waals surface area contributed by atoms with Crippen LogP contribution in [0.25, 0.3) is 0 Å². The van der Waals surface area contributed by atoms with Gasteiger partial charge >= 0.3 is 0 Å². The first kappa shape index (κ1) is 24.0. The van der Waals surface area contributed by atoms with Crippen LogP contribution in [0.15, 0.2) is 78.9 Å². The predicted octanol–water partition coefficient (Wildman–Crippen LogP) is 4.30. The topological polar surface area (TPSA) is 78.1 Å². The second kappa shape index (κ2) is 13.0. The molecule has 0 atom stereocenters. The lowest BCUT2D eigenvalue weighted by Crippen LogP contribution is -2.34. The average molecular weight is 467 g/mol. The van der Waals surface area contributed by atoms with Gasteiger partial charge in [0, 0.05) is 12.7 Å². The number of para-hydroxylation sites is 3. The van der Waals surface area contributed by atoms with E-state index in [-0.39, 0.29) is 11.0 Å². The first-order valence-corrected chi connectivity index (χ1v) is 10.8. The summed E-state index contributed by atoms with van der Waals surface area (Å²) in [5, 5.41) is 5.85. The third-order valence-corrected chi connectivity index (χ3v) is 4.59. The Hall–Kier alpha value is -3.62. The quantitative estimate of drug-likeness (QED) is 0.322. The Kier molecular flexibility index (Phi) is 9.50. The lowest BCUT2D eigenvalue weighted by molar-refractivity contribution is 0.0977. The largest absolute Gasteiger partial charge is 0.491 e. The number of anilines is 1. The number of methoxy groups -OCH3 is 1. The molecule has 33 heavy (non-hydrogen) atoms. The monoisotopic (exact) mass is 466 g/mol. The second-order valence-corrected chi connectivity index (χ2v) is 7.19. The Labute approximate surface area is 198 Å². The number of benzene rings is 3. The molecule has 3 aromatic rings. The Bertz CT molecular complexity index is 1030. The van der Waals surface area contributed by atoms with E-state index >= 15 is 0 Å². The summed E-state index contributed by atoms with van der Waals surface area (Å²) in [5.41, 5.74) is 1.10. The van der Waals surface area contributed by atoms with Gasteiger partial charge in [0.05, 0.1) is 12.3 Å². The number of hydrogen-bond acceptors (Lipinski definition) is 6. The zero-order chi connectivity index (χ0) is 23.3. The Morgan fingerprint density at radius 3 is 2.09 bits per heavy atom. The molecule has 0 fully saturated rings. The summed E-state index contributed by atoms with van der Waals surface area (Å²) in [6.45, 7) is 1.68. The number of ether oxygens (including phenoxy) is 4.